The number of furan rings is 1. The topological polar surface area (TPSA) is 42.2 Å². The summed E-state index contributed by atoms with van der Waals surface area (Å²) in [6.07, 6.45) is 0. The van der Waals surface area contributed by atoms with E-state index in [-0.39, 0.29) is 17.1 Å². The first kappa shape index (κ1) is 16.8. The summed E-state index contributed by atoms with van der Waals surface area (Å²) in [4.78, 5) is 12.2. The molecule has 0 saturated carbocycles. The highest BCUT2D eigenvalue weighted by molar-refractivity contribution is 5.92. The van der Waals surface area contributed by atoms with E-state index in [1.54, 1.807) is 25.1 Å². The van der Waals surface area contributed by atoms with Crippen molar-refractivity contribution >= 4 is 5.91 Å². The molecule has 1 heterocycles. The van der Waals surface area contributed by atoms with Gasteiger partial charge < -0.3 is 9.73 Å². The van der Waals surface area contributed by atoms with E-state index in [4.69, 9.17) is 4.42 Å². The average molecular weight is 345 g/mol. The molecular formula is C19H14F3NO2. The van der Waals surface area contributed by atoms with Gasteiger partial charge in [0.2, 0.25) is 0 Å². The van der Waals surface area contributed by atoms with Crippen LogP contribution in [-0.2, 0) is 0 Å². The molecule has 0 radical (unpaired) electrons. The number of hydrogen-bond acceptors (Lipinski definition) is 2. The lowest BCUT2D eigenvalue weighted by atomic mass is 10.1. The minimum atomic E-state index is -0.988. The third-order valence-corrected chi connectivity index (χ3v) is 3.76. The minimum Gasteiger partial charge on any atom is -0.451 e. The minimum absolute atomic E-state index is 0.00677. The van der Waals surface area contributed by atoms with Crippen LogP contribution in [0.15, 0.2) is 59.0 Å². The molecule has 0 aliphatic carbocycles. The Morgan fingerprint density at radius 2 is 1.72 bits per heavy atom. The molecule has 0 aliphatic rings. The molecule has 3 rings (SSSR count). The molecule has 0 bridgehead atoms. The molecule has 0 aliphatic heterocycles. The molecule has 6 heteroatoms. The van der Waals surface area contributed by atoms with Crippen LogP contribution in [0.3, 0.4) is 0 Å². The summed E-state index contributed by atoms with van der Waals surface area (Å²) < 4.78 is 45.4. The molecule has 1 N–H and O–H groups in total. The molecule has 25 heavy (non-hydrogen) atoms. The summed E-state index contributed by atoms with van der Waals surface area (Å²) in [7, 11) is 0. The Labute approximate surface area is 142 Å². The highest BCUT2D eigenvalue weighted by Gasteiger charge is 2.17. The molecule has 1 aromatic heterocycles. The van der Waals surface area contributed by atoms with Gasteiger partial charge in [-0.15, -0.1) is 0 Å². The van der Waals surface area contributed by atoms with E-state index in [9.17, 15) is 18.0 Å². The number of carbonyl (C=O) groups excluding carboxylic acids is 1. The number of halogens is 3. The van der Waals surface area contributed by atoms with E-state index in [0.717, 1.165) is 12.1 Å². The van der Waals surface area contributed by atoms with Crippen molar-refractivity contribution in [1.82, 2.24) is 5.32 Å². The first-order valence-electron chi connectivity index (χ1n) is 7.56. The fraction of sp³-hybridized carbons (Fsp3) is 0.105. The highest BCUT2D eigenvalue weighted by atomic mass is 19.2. The van der Waals surface area contributed by atoms with Crippen LogP contribution in [-0.4, -0.2) is 5.91 Å². The lowest BCUT2D eigenvalue weighted by Gasteiger charge is -2.13. The van der Waals surface area contributed by atoms with Gasteiger partial charge in [-0.2, -0.15) is 0 Å². The average Bonchev–Trinajstić information content (AvgIpc) is 3.07. The summed E-state index contributed by atoms with van der Waals surface area (Å²) in [6.45, 7) is 1.63. The number of amides is 1. The maximum absolute atomic E-state index is 13.8. The van der Waals surface area contributed by atoms with Crippen molar-refractivity contribution in [3.63, 3.8) is 0 Å². The van der Waals surface area contributed by atoms with Gasteiger partial charge in [-0.25, -0.2) is 13.2 Å². The molecule has 3 aromatic rings. The molecule has 0 spiro atoms. The molecule has 1 atom stereocenters. The van der Waals surface area contributed by atoms with E-state index >= 15 is 0 Å². The van der Waals surface area contributed by atoms with Crippen LogP contribution in [0, 0.1) is 17.5 Å². The Bertz CT molecular complexity index is 921. The predicted molar refractivity (Wildman–Crippen MR) is 86.3 cm³/mol. The van der Waals surface area contributed by atoms with Crippen molar-refractivity contribution < 1.29 is 22.4 Å². The van der Waals surface area contributed by atoms with E-state index in [0.29, 0.717) is 5.56 Å². The molecule has 3 nitrogen and oxygen atoms in total. The van der Waals surface area contributed by atoms with Gasteiger partial charge in [0, 0.05) is 0 Å². The molecule has 1 unspecified atom stereocenters. The van der Waals surface area contributed by atoms with Crippen molar-refractivity contribution in [2.24, 2.45) is 0 Å². The van der Waals surface area contributed by atoms with Gasteiger partial charge in [-0.1, -0.05) is 18.2 Å². The number of benzene rings is 2. The zero-order chi connectivity index (χ0) is 18.0. The maximum atomic E-state index is 13.8. The van der Waals surface area contributed by atoms with Gasteiger partial charge in [0.15, 0.2) is 17.4 Å². The zero-order valence-electron chi connectivity index (χ0n) is 13.2. The van der Waals surface area contributed by atoms with E-state index in [2.05, 4.69) is 5.32 Å². The highest BCUT2D eigenvalue weighted by Crippen LogP contribution is 2.25. The number of nitrogens with one attached hydrogen (secondary N) is 1. The molecule has 128 valence electrons. The van der Waals surface area contributed by atoms with Gasteiger partial charge in [0.05, 0.1) is 11.6 Å². The molecule has 0 fully saturated rings. The van der Waals surface area contributed by atoms with E-state index in [1.165, 1.54) is 24.3 Å². The molecule has 2 aromatic carbocycles. The number of carbonyl (C=O) groups is 1. The van der Waals surface area contributed by atoms with Gasteiger partial charge in [0.25, 0.3) is 5.91 Å². The third-order valence-electron chi connectivity index (χ3n) is 3.76. The van der Waals surface area contributed by atoms with Crippen molar-refractivity contribution in [2.45, 2.75) is 13.0 Å². The largest absolute Gasteiger partial charge is 0.451 e. The third kappa shape index (κ3) is 3.57. The Morgan fingerprint density at radius 3 is 2.44 bits per heavy atom. The summed E-state index contributed by atoms with van der Waals surface area (Å²) in [5, 5.41) is 2.62. The first-order valence-corrected chi connectivity index (χ1v) is 7.56. The van der Waals surface area contributed by atoms with E-state index in [1.807, 2.05) is 0 Å². The van der Waals surface area contributed by atoms with Crippen LogP contribution in [0.2, 0.25) is 0 Å². The van der Waals surface area contributed by atoms with Gasteiger partial charge in [0.1, 0.15) is 11.6 Å². The van der Waals surface area contributed by atoms with Crippen molar-refractivity contribution in [3.8, 4) is 11.3 Å². The van der Waals surface area contributed by atoms with E-state index < -0.39 is 29.4 Å². The molecule has 1 amide bonds. The second-order valence-electron chi connectivity index (χ2n) is 5.51. The van der Waals surface area contributed by atoms with Gasteiger partial charge >= 0.3 is 0 Å². The van der Waals surface area contributed by atoms with Crippen LogP contribution < -0.4 is 5.32 Å². The van der Waals surface area contributed by atoms with Crippen molar-refractivity contribution in [3.05, 3.63) is 83.4 Å². The SMILES string of the molecule is CC(NC(=O)c1ccc(-c2ccccc2F)o1)c1ccc(F)c(F)c1. The lowest BCUT2D eigenvalue weighted by molar-refractivity contribution is 0.0912. The smallest absolute Gasteiger partial charge is 0.287 e. The fourth-order valence-corrected chi connectivity index (χ4v) is 2.40. The van der Waals surface area contributed by atoms with Crippen molar-refractivity contribution in [1.29, 1.82) is 0 Å². The van der Waals surface area contributed by atoms with Crippen molar-refractivity contribution in [2.75, 3.05) is 0 Å². The summed E-state index contributed by atoms with van der Waals surface area (Å²) >= 11 is 0. The van der Waals surface area contributed by atoms with Gasteiger partial charge in [-0.3, -0.25) is 4.79 Å². The van der Waals surface area contributed by atoms with Crippen LogP contribution in [0.4, 0.5) is 13.2 Å². The normalized spacial score (nSPS) is 12.0. The molecular weight excluding hydrogens is 331 g/mol. The first-order chi connectivity index (χ1) is 12.0. The Morgan fingerprint density at radius 1 is 0.960 bits per heavy atom. The molecule has 0 saturated heterocycles. The van der Waals surface area contributed by atoms with Crippen LogP contribution in [0.5, 0.6) is 0 Å². The monoisotopic (exact) mass is 345 g/mol. The summed E-state index contributed by atoms with van der Waals surface area (Å²) in [5.74, 6) is -2.73. The second-order valence-corrected chi connectivity index (χ2v) is 5.51. The summed E-state index contributed by atoms with van der Waals surface area (Å²) in [6, 6.07) is 11.8. The Hall–Kier alpha value is -3.02. The second kappa shape index (κ2) is 6.84. The summed E-state index contributed by atoms with van der Waals surface area (Å²) in [5.41, 5.74) is 0.656. The maximum Gasteiger partial charge on any atom is 0.287 e. The van der Waals surface area contributed by atoms with Crippen LogP contribution >= 0.6 is 0 Å². The van der Waals surface area contributed by atoms with Crippen LogP contribution in [0.25, 0.3) is 11.3 Å². The Balaban J connectivity index is 1.75. The Kier molecular flexibility index (Phi) is 4.61. The number of rotatable bonds is 4. The predicted octanol–water partition coefficient (Wildman–Crippen LogP) is 4.85. The standard InChI is InChI=1S/C19H14F3NO2/c1-11(12-6-7-15(21)16(22)10-12)23-19(24)18-9-8-17(25-18)13-4-2-3-5-14(13)20/h2-11H,1H3,(H,23,24). The van der Waals surface area contributed by atoms with Gasteiger partial charge in [-0.05, 0) is 48.9 Å². The quantitative estimate of drug-likeness (QED) is 0.734. The lowest BCUT2D eigenvalue weighted by Crippen LogP contribution is -2.26. The van der Waals surface area contributed by atoms with Crippen LogP contribution in [0.1, 0.15) is 29.1 Å². The number of hydrogen-bond donors (Lipinski definition) is 1. The zero-order valence-corrected chi connectivity index (χ0v) is 13.2. The fourth-order valence-electron chi connectivity index (χ4n) is 2.40.